The van der Waals surface area contributed by atoms with Gasteiger partial charge in [0.05, 0.1) is 25.2 Å². The van der Waals surface area contributed by atoms with Gasteiger partial charge in [0.15, 0.2) is 0 Å². The average molecular weight is 365 g/mol. The van der Waals surface area contributed by atoms with Crippen LogP contribution in [-0.4, -0.2) is 76.1 Å². The number of carbonyl (C=O) groups is 3. The molecule has 2 saturated heterocycles. The van der Waals surface area contributed by atoms with Gasteiger partial charge >= 0.3 is 0 Å². The molecule has 1 N–H and O–H groups in total. The van der Waals surface area contributed by atoms with Crippen molar-refractivity contribution in [3.8, 4) is 0 Å². The molecule has 2 fully saturated rings. The van der Waals surface area contributed by atoms with E-state index in [0.717, 1.165) is 6.92 Å². The number of amides is 2. The number of aromatic nitrogens is 1. The van der Waals surface area contributed by atoms with Crippen molar-refractivity contribution >= 4 is 17.8 Å². The number of fused-ring (bicyclic) bond motifs is 1. The Hall–Kier alpha value is -2.68. The minimum atomic E-state index is -0.833. The van der Waals surface area contributed by atoms with Crippen LogP contribution in [0.15, 0.2) is 23.1 Å². The number of ether oxygens (including phenoxy) is 1. The highest BCUT2D eigenvalue weighted by Gasteiger charge is 2.41. The van der Waals surface area contributed by atoms with Gasteiger partial charge < -0.3 is 24.2 Å². The van der Waals surface area contributed by atoms with Crippen LogP contribution >= 0.6 is 0 Å². The Balaban J connectivity index is 0.000000552. The Morgan fingerprint density at radius 2 is 1.88 bits per heavy atom. The molecule has 1 aromatic heterocycles. The molecule has 3 rings (SSSR count). The van der Waals surface area contributed by atoms with Crippen LogP contribution in [0.25, 0.3) is 0 Å². The van der Waals surface area contributed by atoms with Gasteiger partial charge in [-0.3, -0.25) is 19.2 Å². The molecule has 0 aromatic carbocycles. The lowest BCUT2D eigenvalue weighted by Gasteiger charge is -2.25. The summed E-state index contributed by atoms with van der Waals surface area (Å²) in [6, 6.07) is 2.85. The summed E-state index contributed by atoms with van der Waals surface area (Å²) in [5.41, 5.74) is 0.149. The Morgan fingerprint density at radius 1 is 1.23 bits per heavy atom. The molecule has 26 heavy (non-hydrogen) atoms. The zero-order valence-electron chi connectivity index (χ0n) is 15.0. The van der Waals surface area contributed by atoms with Gasteiger partial charge in [-0.05, 0) is 6.07 Å². The standard InChI is InChI=1S/C15H19N3O4.C2H4O2/c1-16-5-3-10(7-14(16)20)15(21)18-8-11-12(9-18)22-6-4-13(19)17(11)2;1-2(3)4/h3,5,7,11-12H,4,6,8-9H2,1-2H3;1H3,(H,3,4)/t11-,12-;/m0./s1. The molecule has 1 aromatic rings. The number of aliphatic carboxylic acids is 1. The van der Waals surface area contributed by atoms with Crippen molar-refractivity contribution in [2.75, 3.05) is 26.7 Å². The molecule has 0 saturated carbocycles. The van der Waals surface area contributed by atoms with Gasteiger partial charge in [0.2, 0.25) is 5.91 Å². The fourth-order valence-electron chi connectivity index (χ4n) is 2.98. The summed E-state index contributed by atoms with van der Waals surface area (Å²) in [7, 11) is 3.39. The van der Waals surface area contributed by atoms with E-state index in [1.807, 2.05) is 0 Å². The van der Waals surface area contributed by atoms with Gasteiger partial charge in [-0.1, -0.05) is 0 Å². The first-order valence-electron chi connectivity index (χ1n) is 8.23. The summed E-state index contributed by atoms with van der Waals surface area (Å²) < 4.78 is 7.12. The number of hydrogen-bond acceptors (Lipinski definition) is 5. The number of carboxylic acid groups (broad SMARTS) is 1. The maximum Gasteiger partial charge on any atom is 0.300 e. The number of aryl methyl sites for hydroxylation is 1. The van der Waals surface area contributed by atoms with Crippen LogP contribution in [0.3, 0.4) is 0 Å². The van der Waals surface area contributed by atoms with Gasteiger partial charge in [-0.2, -0.15) is 0 Å². The Labute approximate surface area is 150 Å². The lowest BCUT2D eigenvalue weighted by molar-refractivity contribution is -0.134. The molecule has 0 radical (unpaired) electrons. The maximum absolute atomic E-state index is 12.5. The molecule has 3 heterocycles. The second-order valence-corrected chi connectivity index (χ2v) is 6.32. The van der Waals surface area contributed by atoms with Gasteiger partial charge in [-0.25, -0.2) is 0 Å². The first kappa shape index (κ1) is 19.6. The van der Waals surface area contributed by atoms with E-state index in [4.69, 9.17) is 14.6 Å². The number of carbonyl (C=O) groups excluding carboxylic acids is 2. The van der Waals surface area contributed by atoms with E-state index >= 15 is 0 Å². The lowest BCUT2D eigenvalue weighted by atomic mass is 10.2. The van der Waals surface area contributed by atoms with Crippen molar-refractivity contribution in [3.05, 3.63) is 34.2 Å². The van der Waals surface area contributed by atoms with E-state index in [0.29, 0.717) is 31.7 Å². The summed E-state index contributed by atoms with van der Waals surface area (Å²) in [4.78, 5) is 48.4. The highest BCUT2D eigenvalue weighted by atomic mass is 16.5. The minimum absolute atomic E-state index is 0.0374. The van der Waals surface area contributed by atoms with Crippen molar-refractivity contribution in [1.29, 1.82) is 0 Å². The summed E-state index contributed by atoms with van der Waals surface area (Å²) in [5.74, 6) is -0.995. The second-order valence-electron chi connectivity index (χ2n) is 6.32. The highest BCUT2D eigenvalue weighted by Crippen LogP contribution is 2.23. The summed E-state index contributed by atoms with van der Waals surface area (Å²) in [6.45, 7) is 2.34. The number of nitrogens with zero attached hydrogens (tertiary/aromatic N) is 3. The molecule has 0 spiro atoms. The van der Waals surface area contributed by atoms with Crippen molar-refractivity contribution in [2.45, 2.75) is 25.5 Å². The van der Waals surface area contributed by atoms with Gasteiger partial charge in [0.25, 0.3) is 17.4 Å². The topological polar surface area (TPSA) is 109 Å². The van der Waals surface area contributed by atoms with Crippen LogP contribution in [0.2, 0.25) is 0 Å². The number of rotatable bonds is 1. The first-order chi connectivity index (χ1) is 12.2. The third kappa shape index (κ3) is 4.48. The SMILES string of the molecule is CC(=O)O.CN1C(=O)CCO[C@H]2CN(C(=O)c3ccn(C)c(=O)c3)C[C@@H]21. The lowest BCUT2D eigenvalue weighted by Crippen LogP contribution is -2.43. The molecule has 0 unspecified atom stereocenters. The Bertz CT molecular complexity index is 755. The number of likely N-dealkylation sites (tertiary alicyclic amines) is 1. The maximum atomic E-state index is 12.5. The molecule has 2 atom stereocenters. The van der Waals surface area contributed by atoms with E-state index in [9.17, 15) is 14.4 Å². The largest absolute Gasteiger partial charge is 0.481 e. The number of pyridine rings is 1. The summed E-state index contributed by atoms with van der Waals surface area (Å²) in [6.07, 6.45) is 1.80. The second kappa shape index (κ2) is 8.13. The summed E-state index contributed by atoms with van der Waals surface area (Å²) >= 11 is 0. The molecule has 9 heteroatoms. The van der Waals surface area contributed by atoms with Crippen LogP contribution in [0.4, 0.5) is 0 Å². The van der Waals surface area contributed by atoms with Crippen molar-refractivity contribution in [2.24, 2.45) is 7.05 Å². The van der Waals surface area contributed by atoms with Crippen LogP contribution in [0.5, 0.6) is 0 Å². The Morgan fingerprint density at radius 3 is 2.50 bits per heavy atom. The average Bonchev–Trinajstić information content (AvgIpc) is 2.94. The molecule has 0 aliphatic carbocycles. The molecule has 9 nitrogen and oxygen atoms in total. The van der Waals surface area contributed by atoms with Gasteiger partial charge in [0, 0.05) is 51.9 Å². The molecule has 2 amide bonds. The molecular formula is C17H23N3O6. The molecule has 0 bridgehead atoms. The van der Waals surface area contributed by atoms with Crippen molar-refractivity contribution in [1.82, 2.24) is 14.4 Å². The molecule has 2 aliphatic heterocycles. The fraction of sp³-hybridized carbons (Fsp3) is 0.529. The zero-order chi connectivity index (χ0) is 19.4. The van der Waals surface area contributed by atoms with Crippen molar-refractivity contribution < 1.29 is 24.2 Å². The molecular weight excluding hydrogens is 342 g/mol. The molecule has 2 aliphatic rings. The van der Waals surface area contributed by atoms with Crippen molar-refractivity contribution in [3.63, 3.8) is 0 Å². The van der Waals surface area contributed by atoms with Gasteiger partial charge in [0.1, 0.15) is 0 Å². The first-order valence-corrected chi connectivity index (χ1v) is 8.23. The fourth-order valence-corrected chi connectivity index (χ4v) is 2.98. The van der Waals surface area contributed by atoms with Crippen LogP contribution in [0, 0.1) is 0 Å². The quantitative estimate of drug-likeness (QED) is 0.722. The monoisotopic (exact) mass is 365 g/mol. The third-order valence-electron chi connectivity index (χ3n) is 4.41. The van der Waals surface area contributed by atoms with Crippen LogP contribution in [-0.2, 0) is 21.4 Å². The normalized spacial score (nSPS) is 22.2. The van der Waals surface area contributed by atoms with E-state index in [1.165, 1.54) is 10.6 Å². The zero-order valence-corrected chi connectivity index (χ0v) is 15.0. The van der Waals surface area contributed by atoms with E-state index < -0.39 is 5.97 Å². The number of carboxylic acids is 1. The van der Waals surface area contributed by atoms with E-state index in [1.54, 1.807) is 36.2 Å². The molecule has 142 valence electrons. The van der Waals surface area contributed by atoms with Crippen LogP contribution < -0.4 is 5.56 Å². The number of likely N-dealkylation sites (N-methyl/N-ethyl adjacent to an activating group) is 1. The smallest absolute Gasteiger partial charge is 0.300 e. The van der Waals surface area contributed by atoms with E-state index in [2.05, 4.69) is 0 Å². The summed E-state index contributed by atoms with van der Waals surface area (Å²) in [5, 5.41) is 7.42. The minimum Gasteiger partial charge on any atom is -0.481 e. The van der Waals surface area contributed by atoms with Crippen LogP contribution in [0.1, 0.15) is 23.7 Å². The predicted molar refractivity (Wildman–Crippen MR) is 91.8 cm³/mol. The predicted octanol–water partition coefficient (Wildman–Crippen LogP) is -0.452. The Kier molecular flexibility index (Phi) is 6.14. The van der Waals surface area contributed by atoms with Gasteiger partial charge in [-0.15, -0.1) is 0 Å². The third-order valence-corrected chi connectivity index (χ3v) is 4.41. The van der Waals surface area contributed by atoms with E-state index in [-0.39, 0.29) is 29.5 Å². The number of hydrogen-bond donors (Lipinski definition) is 1. The highest BCUT2D eigenvalue weighted by molar-refractivity contribution is 5.94.